The van der Waals surface area contributed by atoms with Crippen LogP contribution in [0.4, 0.5) is 5.82 Å². The molecule has 0 atom stereocenters. The number of amides is 1. The minimum Gasteiger partial charge on any atom is -0.464 e. The molecule has 9 nitrogen and oxygen atoms in total. The molecule has 104 valence electrons. The van der Waals surface area contributed by atoms with Crippen LogP contribution in [0.15, 0.2) is 0 Å². The second kappa shape index (κ2) is 5.65. The Labute approximate surface area is 109 Å². The Bertz CT molecular complexity index is 480. The first-order valence-electron chi connectivity index (χ1n) is 5.76. The van der Waals surface area contributed by atoms with E-state index < -0.39 is 5.97 Å². The van der Waals surface area contributed by atoms with Crippen LogP contribution in [-0.4, -0.2) is 65.2 Å². The van der Waals surface area contributed by atoms with Gasteiger partial charge in [-0.05, 0) is 0 Å². The van der Waals surface area contributed by atoms with E-state index in [0.717, 1.165) is 0 Å². The highest BCUT2D eigenvalue weighted by Gasteiger charge is 2.22. The zero-order valence-electron chi connectivity index (χ0n) is 10.5. The highest BCUT2D eigenvalue weighted by atomic mass is 16.5. The van der Waals surface area contributed by atoms with Crippen molar-refractivity contribution in [1.29, 1.82) is 0 Å². The lowest BCUT2D eigenvalue weighted by molar-refractivity contribution is -0.136. The van der Waals surface area contributed by atoms with Gasteiger partial charge in [0.2, 0.25) is 11.6 Å². The summed E-state index contributed by atoms with van der Waals surface area (Å²) in [6.07, 6.45) is 0. The summed E-state index contributed by atoms with van der Waals surface area (Å²) in [6.45, 7) is 2.06. The van der Waals surface area contributed by atoms with Gasteiger partial charge in [-0.25, -0.2) is 9.48 Å². The molecule has 2 rings (SSSR count). The number of methoxy groups -OCH3 is 1. The van der Waals surface area contributed by atoms with Crippen LogP contribution in [0.3, 0.4) is 0 Å². The smallest absolute Gasteiger partial charge is 0.362 e. The van der Waals surface area contributed by atoms with Gasteiger partial charge in [0, 0.05) is 13.1 Å². The molecule has 0 saturated carbocycles. The average molecular weight is 269 g/mol. The fraction of sp³-hybridized carbons (Fsp3) is 0.600. The number of rotatable bonds is 3. The second-order valence-corrected chi connectivity index (χ2v) is 3.97. The van der Waals surface area contributed by atoms with Crippen molar-refractivity contribution in [2.45, 2.75) is 6.54 Å². The number of hydrogen-bond acceptors (Lipinski definition) is 7. The van der Waals surface area contributed by atoms with Crippen molar-refractivity contribution < 1.29 is 19.1 Å². The van der Waals surface area contributed by atoms with Crippen LogP contribution in [-0.2, 0) is 20.8 Å². The van der Waals surface area contributed by atoms with E-state index in [0.29, 0.717) is 26.3 Å². The lowest BCUT2D eigenvalue weighted by atomic mass is 10.4. The highest BCUT2D eigenvalue weighted by molar-refractivity contribution is 5.92. The van der Waals surface area contributed by atoms with Gasteiger partial charge in [-0.2, -0.15) is 0 Å². The van der Waals surface area contributed by atoms with Gasteiger partial charge >= 0.3 is 5.97 Å². The number of carbonyl (C=O) groups excluding carboxylic acids is 2. The molecule has 2 N–H and O–H groups in total. The average Bonchev–Trinajstić information content (AvgIpc) is 2.80. The minimum atomic E-state index is -0.678. The molecule has 0 unspecified atom stereocenters. The van der Waals surface area contributed by atoms with Gasteiger partial charge < -0.3 is 20.1 Å². The first kappa shape index (κ1) is 13.3. The molecular formula is C10H15N5O4. The summed E-state index contributed by atoms with van der Waals surface area (Å²) in [5.41, 5.74) is 5.61. The first-order chi connectivity index (χ1) is 9.13. The van der Waals surface area contributed by atoms with Crippen molar-refractivity contribution in [3.63, 3.8) is 0 Å². The fourth-order valence-corrected chi connectivity index (χ4v) is 1.72. The molecule has 0 aliphatic carbocycles. The Hall–Kier alpha value is -2.16. The molecule has 1 saturated heterocycles. The molecule has 2 heterocycles. The third-order valence-electron chi connectivity index (χ3n) is 2.80. The van der Waals surface area contributed by atoms with Gasteiger partial charge in [0.25, 0.3) is 0 Å². The van der Waals surface area contributed by atoms with Gasteiger partial charge in [-0.15, -0.1) is 5.10 Å². The van der Waals surface area contributed by atoms with Gasteiger partial charge in [-0.3, -0.25) is 4.79 Å². The molecule has 1 amide bonds. The Morgan fingerprint density at radius 1 is 1.42 bits per heavy atom. The number of nitrogens with zero attached hydrogens (tertiary/aromatic N) is 4. The summed E-state index contributed by atoms with van der Waals surface area (Å²) in [4.78, 5) is 24.9. The Balaban J connectivity index is 2.04. The van der Waals surface area contributed by atoms with Crippen LogP contribution >= 0.6 is 0 Å². The lowest BCUT2D eigenvalue weighted by Gasteiger charge is -2.26. The van der Waals surface area contributed by atoms with Crippen molar-refractivity contribution in [3.05, 3.63) is 5.69 Å². The third kappa shape index (κ3) is 2.81. The van der Waals surface area contributed by atoms with E-state index >= 15 is 0 Å². The van der Waals surface area contributed by atoms with Crippen molar-refractivity contribution in [1.82, 2.24) is 19.9 Å². The summed E-state index contributed by atoms with van der Waals surface area (Å²) >= 11 is 0. The minimum absolute atomic E-state index is 0.0217. The molecule has 9 heteroatoms. The molecule has 1 fully saturated rings. The van der Waals surface area contributed by atoms with Crippen molar-refractivity contribution >= 4 is 17.7 Å². The number of nitrogens with two attached hydrogens (primary N) is 1. The van der Waals surface area contributed by atoms with E-state index in [1.54, 1.807) is 4.90 Å². The number of hydrogen-bond donors (Lipinski definition) is 1. The Morgan fingerprint density at radius 2 is 2.11 bits per heavy atom. The van der Waals surface area contributed by atoms with Crippen molar-refractivity contribution in [3.8, 4) is 0 Å². The number of morpholine rings is 1. The molecule has 0 aromatic carbocycles. The number of anilines is 1. The Morgan fingerprint density at radius 3 is 2.74 bits per heavy atom. The lowest BCUT2D eigenvalue weighted by Crippen LogP contribution is -2.42. The maximum Gasteiger partial charge on any atom is 0.362 e. The van der Waals surface area contributed by atoms with Gasteiger partial charge in [-0.1, -0.05) is 5.21 Å². The summed E-state index contributed by atoms with van der Waals surface area (Å²) in [5.74, 6) is -0.799. The van der Waals surface area contributed by atoms with Crippen LogP contribution in [0.2, 0.25) is 0 Å². The summed E-state index contributed by atoms with van der Waals surface area (Å²) in [7, 11) is 1.22. The van der Waals surface area contributed by atoms with E-state index in [9.17, 15) is 9.59 Å². The highest BCUT2D eigenvalue weighted by Crippen LogP contribution is 2.09. The van der Waals surface area contributed by atoms with Crippen LogP contribution in [0.25, 0.3) is 0 Å². The largest absolute Gasteiger partial charge is 0.464 e. The van der Waals surface area contributed by atoms with Crippen LogP contribution in [0, 0.1) is 0 Å². The number of nitrogen functional groups attached to an aromatic ring is 1. The zero-order valence-corrected chi connectivity index (χ0v) is 10.5. The van der Waals surface area contributed by atoms with E-state index in [-0.39, 0.29) is 24.0 Å². The third-order valence-corrected chi connectivity index (χ3v) is 2.80. The van der Waals surface area contributed by atoms with Crippen molar-refractivity contribution in [2.24, 2.45) is 0 Å². The number of carbonyl (C=O) groups is 2. The van der Waals surface area contributed by atoms with Gasteiger partial charge in [0.1, 0.15) is 6.54 Å². The van der Waals surface area contributed by atoms with E-state index in [1.807, 2.05) is 0 Å². The first-order valence-corrected chi connectivity index (χ1v) is 5.76. The van der Waals surface area contributed by atoms with Crippen LogP contribution in [0.5, 0.6) is 0 Å². The summed E-state index contributed by atoms with van der Waals surface area (Å²) in [6, 6.07) is 0. The summed E-state index contributed by atoms with van der Waals surface area (Å²) < 4.78 is 10.8. The molecule has 1 aliphatic heterocycles. The van der Waals surface area contributed by atoms with Crippen LogP contribution < -0.4 is 5.73 Å². The molecule has 0 radical (unpaired) electrons. The number of esters is 1. The normalized spacial score (nSPS) is 15.3. The Kier molecular flexibility index (Phi) is 3.95. The van der Waals surface area contributed by atoms with Crippen LogP contribution in [0.1, 0.15) is 10.5 Å². The zero-order chi connectivity index (χ0) is 13.8. The maximum absolute atomic E-state index is 12.0. The SMILES string of the molecule is COC(=O)c1nnn(CC(=O)N2CCOCC2)c1N. The molecular weight excluding hydrogens is 254 g/mol. The predicted molar refractivity (Wildman–Crippen MR) is 63.2 cm³/mol. The maximum atomic E-state index is 12.0. The van der Waals surface area contributed by atoms with Gasteiger partial charge in [0.05, 0.1) is 20.3 Å². The molecule has 1 aliphatic rings. The predicted octanol–water partition coefficient (Wildman–Crippen LogP) is -1.49. The molecule has 0 bridgehead atoms. The molecule has 19 heavy (non-hydrogen) atoms. The fourth-order valence-electron chi connectivity index (χ4n) is 1.72. The standard InChI is InChI=1S/C10H15N5O4/c1-18-10(17)8-9(11)15(13-12-8)6-7(16)14-2-4-19-5-3-14/h2-6,11H2,1H3. The molecule has 1 aromatic heterocycles. The topological polar surface area (TPSA) is 113 Å². The molecule has 0 spiro atoms. The second-order valence-electron chi connectivity index (χ2n) is 3.97. The monoisotopic (exact) mass is 269 g/mol. The van der Waals surface area contributed by atoms with E-state index in [1.165, 1.54) is 11.8 Å². The van der Waals surface area contributed by atoms with E-state index in [4.69, 9.17) is 10.5 Å². The van der Waals surface area contributed by atoms with Crippen molar-refractivity contribution in [2.75, 3.05) is 39.1 Å². The quantitative estimate of drug-likeness (QED) is 0.665. The summed E-state index contributed by atoms with van der Waals surface area (Å²) in [5, 5.41) is 7.28. The number of ether oxygens (including phenoxy) is 2. The van der Waals surface area contributed by atoms with Gasteiger partial charge in [0.15, 0.2) is 5.82 Å². The number of aromatic nitrogens is 3. The van der Waals surface area contributed by atoms with E-state index in [2.05, 4.69) is 15.0 Å². The molecule has 1 aromatic rings.